The average Bonchev–Trinajstić information content (AvgIpc) is 3.05. The van der Waals surface area contributed by atoms with Gasteiger partial charge < -0.3 is 15.4 Å². The van der Waals surface area contributed by atoms with Crippen LogP contribution in [0, 0.1) is 11.3 Å². The summed E-state index contributed by atoms with van der Waals surface area (Å²) >= 11 is 0. The molecule has 1 unspecified atom stereocenters. The van der Waals surface area contributed by atoms with Gasteiger partial charge in [-0.25, -0.2) is 0 Å². The average molecular weight is 369 g/mol. The molecule has 1 aliphatic carbocycles. The largest absolute Gasteiger partial charge is 0.379 e. The lowest BCUT2D eigenvalue weighted by atomic mass is 9.89. The van der Waals surface area contributed by atoms with Crippen molar-refractivity contribution in [2.75, 3.05) is 27.2 Å². The topological polar surface area (TPSA) is 45.7 Å². The molecule has 1 fully saturated rings. The molecule has 0 heterocycles. The molecule has 0 saturated heterocycles. The van der Waals surface area contributed by atoms with E-state index >= 15 is 0 Å². The van der Waals surface area contributed by atoms with E-state index in [0.717, 1.165) is 25.0 Å². The molecular weight excluding hydrogens is 341 g/mol. The Hall–Kier alpha value is -0.0400. The van der Waals surface area contributed by atoms with Gasteiger partial charge in [0.05, 0.1) is 6.10 Å². The molecular formula is C13H28IN3O. The van der Waals surface area contributed by atoms with E-state index in [1.54, 1.807) is 14.2 Å². The van der Waals surface area contributed by atoms with Crippen molar-refractivity contribution in [1.82, 2.24) is 10.6 Å². The van der Waals surface area contributed by atoms with Gasteiger partial charge in [0, 0.05) is 27.2 Å². The first-order valence-electron chi connectivity index (χ1n) is 6.44. The molecule has 18 heavy (non-hydrogen) atoms. The minimum absolute atomic E-state index is 0. The smallest absolute Gasteiger partial charge is 0.191 e. The van der Waals surface area contributed by atoms with E-state index in [9.17, 15) is 0 Å². The molecule has 2 N–H and O–H groups in total. The lowest BCUT2D eigenvalue weighted by Crippen LogP contribution is -2.45. The number of guanidine groups is 1. The van der Waals surface area contributed by atoms with E-state index in [1.807, 2.05) is 0 Å². The number of aliphatic imine (C=N–C) groups is 1. The Kier molecular flexibility index (Phi) is 8.18. The SMILES string of the molecule is CN=C(NCC1CC1)NCC(OC)C(C)(C)C.I. The van der Waals surface area contributed by atoms with Crippen LogP contribution in [0.15, 0.2) is 4.99 Å². The number of nitrogens with one attached hydrogen (secondary N) is 2. The molecule has 0 radical (unpaired) electrons. The molecule has 0 bridgehead atoms. The zero-order valence-electron chi connectivity index (χ0n) is 12.2. The van der Waals surface area contributed by atoms with Crippen molar-refractivity contribution in [2.24, 2.45) is 16.3 Å². The van der Waals surface area contributed by atoms with E-state index in [0.29, 0.717) is 0 Å². The first-order chi connectivity index (χ1) is 7.97. The van der Waals surface area contributed by atoms with Crippen molar-refractivity contribution >= 4 is 29.9 Å². The first kappa shape index (κ1) is 18.0. The molecule has 1 saturated carbocycles. The highest BCUT2D eigenvalue weighted by Crippen LogP contribution is 2.27. The van der Waals surface area contributed by atoms with Crippen molar-refractivity contribution in [3.8, 4) is 0 Å². The Morgan fingerprint density at radius 1 is 1.33 bits per heavy atom. The van der Waals surface area contributed by atoms with Gasteiger partial charge in [-0.2, -0.15) is 0 Å². The van der Waals surface area contributed by atoms with Gasteiger partial charge in [-0.15, -0.1) is 24.0 Å². The predicted octanol–water partition coefficient (Wildman–Crippen LogP) is 2.24. The second-order valence-corrected chi connectivity index (χ2v) is 5.87. The molecule has 4 nitrogen and oxygen atoms in total. The molecule has 0 aromatic heterocycles. The Bertz CT molecular complexity index is 259. The second kappa shape index (κ2) is 8.19. The van der Waals surface area contributed by atoms with E-state index in [1.165, 1.54) is 12.8 Å². The normalized spacial score (nSPS) is 17.9. The molecule has 108 valence electrons. The number of methoxy groups -OCH3 is 1. The summed E-state index contributed by atoms with van der Waals surface area (Å²) in [6.07, 6.45) is 2.89. The fourth-order valence-electron chi connectivity index (χ4n) is 1.72. The van der Waals surface area contributed by atoms with Gasteiger partial charge in [0.15, 0.2) is 5.96 Å². The monoisotopic (exact) mass is 369 g/mol. The molecule has 0 amide bonds. The van der Waals surface area contributed by atoms with E-state index < -0.39 is 0 Å². The summed E-state index contributed by atoms with van der Waals surface area (Å²) < 4.78 is 5.50. The summed E-state index contributed by atoms with van der Waals surface area (Å²) in [5, 5.41) is 6.67. The number of hydrogen-bond donors (Lipinski definition) is 2. The van der Waals surface area contributed by atoms with Gasteiger partial charge in [0.2, 0.25) is 0 Å². The summed E-state index contributed by atoms with van der Waals surface area (Å²) in [6.45, 7) is 8.37. The number of rotatable bonds is 5. The predicted molar refractivity (Wildman–Crippen MR) is 87.8 cm³/mol. The third-order valence-corrected chi connectivity index (χ3v) is 3.18. The number of ether oxygens (including phenoxy) is 1. The van der Waals surface area contributed by atoms with Gasteiger partial charge >= 0.3 is 0 Å². The number of halogens is 1. The minimum atomic E-state index is 0. The minimum Gasteiger partial charge on any atom is -0.379 e. The quantitative estimate of drug-likeness (QED) is 0.444. The molecule has 1 rings (SSSR count). The van der Waals surface area contributed by atoms with E-state index in [4.69, 9.17) is 4.74 Å². The Morgan fingerprint density at radius 3 is 2.33 bits per heavy atom. The zero-order chi connectivity index (χ0) is 12.9. The van der Waals surface area contributed by atoms with Gasteiger partial charge in [-0.05, 0) is 24.2 Å². The van der Waals surface area contributed by atoms with Crippen molar-refractivity contribution in [2.45, 2.75) is 39.7 Å². The van der Waals surface area contributed by atoms with Crippen LogP contribution in [0.1, 0.15) is 33.6 Å². The molecule has 1 aliphatic rings. The maximum atomic E-state index is 5.50. The van der Waals surface area contributed by atoms with Crippen LogP contribution in [0.2, 0.25) is 0 Å². The zero-order valence-corrected chi connectivity index (χ0v) is 14.6. The lowest BCUT2D eigenvalue weighted by molar-refractivity contribution is 0.0205. The Morgan fingerprint density at radius 2 is 1.94 bits per heavy atom. The van der Waals surface area contributed by atoms with Crippen LogP contribution in [0.3, 0.4) is 0 Å². The second-order valence-electron chi connectivity index (χ2n) is 5.87. The third-order valence-electron chi connectivity index (χ3n) is 3.18. The molecule has 5 heteroatoms. The van der Waals surface area contributed by atoms with Crippen LogP contribution in [0.5, 0.6) is 0 Å². The molecule has 0 aromatic carbocycles. The Labute approximate surface area is 128 Å². The maximum Gasteiger partial charge on any atom is 0.191 e. The summed E-state index contributed by atoms with van der Waals surface area (Å²) in [4.78, 5) is 4.21. The summed E-state index contributed by atoms with van der Waals surface area (Å²) in [5.41, 5.74) is 0.136. The van der Waals surface area contributed by atoms with Crippen LogP contribution in [0.25, 0.3) is 0 Å². The Balaban J connectivity index is 0.00000289. The van der Waals surface area contributed by atoms with E-state index in [-0.39, 0.29) is 35.5 Å². The summed E-state index contributed by atoms with van der Waals surface area (Å²) in [6, 6.07) is 0. The first-order valence-corrected chi connectivity index (χ1v) is 6.44. The van der Waals surface area contributed by atoms with Gasteiger partial charge in [0.1, 0.15) is 0 Å². The fraction of sp³-hybridized carbons (Fsp3) is 0.923. The van der Waals surface area contributed by atoms with E-state index in [2.05, 4.69) is 36.4 Å². The molecule has 0 spiro atoms. The van der Waals surface area contributed by atoms with Crippen molar-refractivity contribution in [3.05, 3.63) is 0 Å². The molecule has 0 aliphatic heterocycles. The van der Waals surface area contributed by atoms with Gasteiger partial charge in [0.25, 0.3) is 0 Å². The van der Waals surface area contributed by atoms with Crippen LogP contribution in [0.4, 0.5) is 0 Å². The highest BCUT2D eigenvalue weighted by molar-refractivity contribution is 14.0. The van der Waals surface area contributed by atoms with Crippen LogP contribution in [-0.2, 0) is 4.74 Å². The van der Waals surface area contributed by atoms with Crippen LogP contribution in [-0.4, -0.2) is 39.3 Å². The number of hydrogen-bond acceptors (Lipinski definition) is 2. The van der Waals surface area contributed by atoms with Gasteiger partial charge in [-0.3, -0.25) is 4.99 Å². The highest BCUT2D eigenvalue weighted by Gasteiger charge is 2.25. The van der Waals surface area contributed by atoms with Crippen molar-refractivity contribution in [3.63, 3.8) is 0 Å². The number of nitrogens with zero attached hydrogens (tertiary/aromatic N) is 1. The summed E-state index contributed by atoms with van der Waals surface area (Å²) in [5.74, 6) is 1.73. The maximum absolute atomic E-state index is 5.50. The van der Waals surface area contributed by atoms with Crippen LogP contribution < -0.4 is 10.6 Å². The lowest BCUT2D eigenvalue weighted by Gasteiger charge is -2.30. The molecule has 0 aromatic rings. The van der Waals surface area contributed by atoms with Crippen LogP contribution >= 0.6 is 24.0 Å². The van der Waals surface area contributed by atoms with Gasteiger partial charge in [-0.1, -0.05) is 20.8 Å². The van der Waals surface area contributed by atoms with Crippen molar-refractivity contribution < 1.29 is 4.74 Å². The summed E-state index contributed by atoms with van der Waals surface area (Å²) in [7, 11) is 3.57. The highest BCUT2D eigenvalue weighted by atomic mass is 127. The van der Waals surface area contributed by atoms with Crippen molar-refractivity contribution in [1.29, 1.82) is 0 Å². The third kappa shape index (κ3) is 6.78. The molecule has 1 atom stereocenters. The standard InChI is InChI=1S/C13H27N3O.HI/c1-13(2,3)11(17-5)9-16-12(14-4)15-8-10-6-7-10;/h10-11H,6-9H2,1-5H3,(H2,14,15,16);1H. The fourth-order valence-corrected chi connectivity index (χ4v) is 1.72.